The Morgan fingerprint density at radius 2 is 1.86 bits per heavy atom. The van der Waals surface area contributed by atoms with Gasteiger partial charge in [-0.3, -0.25) is 9.59 Å². The van der Waals surface area contributed by atoms with E-state index in [0.29, 0.717) is 31.3 Å². The zero-order chi connectivity index (χ0) is 23.6. The highest BCUT2D eigenvalue weighted by molar-refractivity contribution is 6.12. The molecule has 1 aliphatic carbocycles. The number of hydrogen-bond acceptors (Lipinski definition) is 5. The number of ether oxygens (including phenoxy) is 1. The fraction of sp³-hybridized carbons (Fsp3) is 0.481. The highest BCUT2D eigenvalue weighted by Crippen LogP contribution is 2.60. The second-order valence-corrected chi connectivity index (χ2v) is 10.4. The maximum absolute atomic E-state index is 13.4. The zero-order valence-electron chi connectivity index (χ0n) is 19.6. The van der Waals surface area contributed by atoms with Gasteiger partial charge in [-0.1, -0.05) is 18.2 Å². The minimum atomic E-state index is -0.655. The molecular formula is C27H29N5O3. The van der Waals surface area contributed by atoms with Gasteiger partial charge in [0.15, 0.2) is 5.65 Å². The highest BCUT2D eigenvalue weighted by atomic mass is 16.5. The smallest absolute Gasteiger partial charge is 0.235 e. The predicted molar refractivity (Wildman–Crippen MR) is 130 cm³/mol. The molecule has 2 saturated heterocycles. The van der Waals surface area contributed by atoms with E-state index in [0.717, 1.165) is 67.1 Å². The van der Waals surface area contributed by atoms with E-state index in [1.165, 1.54) is 5.56 Å². The number of nitrogens with one attached hydrogen (secondary N) is 2. The summed E-state index contributed by atoms with van der Waals surface area (Å²) >= 11 is 0. The molecule has 0 bridgehead atoms. The van der Waals surface area contributed by atoms with Crippen molar-refractivity contribution in [3.8, 4) is 0 Å². The Balaban J connectivity index is 1.06. The predicted octanol–water partition coefficient (Wildman–Crippen LogP) is 3.47. The number of nitrogens with zero attached hydrogens (tertiary/aromatic N) is 3. The van der Waals surface area contributed by atoms with Crippen LogP contribution in [-0.2, 0) is 19.7 Å². The Hall–Kier alpha value is -3.26. The number of aromatic nitrogens is 3. The van der Waals surface area contributed by atoms with Crippen LogP contribution < -0.4 is 5.32 Å². The lowest BCUT2D eigenvalue weighted by molar-refractivity contribution is -0.135. The maximum Gasteiger partial charge on any atom is 0.235 e. The summed E-state index contributed by atoms with van der Waals surface area (Å²) in [5.74, 6) is 1.61. The van der Waals surface area contributed by atoms with Crippen LogP contribution in [0.4, 0.5) is 5.69 Å². The molecule has 1 aromatic carbocycles. The average Bonchev–Trinajstić information content (AvgIpc) is 3.40. The SMILES string of the molecule is O=C(C1CC12C(=O)Nc1ccccc12)N1CCC(c2ccnc3[nH]c(C4CCOCC4)nc23)CC1. The van der Waals surface area contributed by atoms with Crippen molar-refractivity contribution in [2.45, 2.75) is 49.4 Å². The lowest BCUT2D eigenvalue weighted by Crippen LogP contribution is -2.40. The van der Waals surface area contributed by atoms with Crippen molar-refractivity contribution in [1.29, 1.82) is 0 Å². The van der Waals surface area contributed by atoms with Crippen molar-refractivity contribution in [2.24, 2.45) is 5.92 Å². The minimum Gasteiger partial charge on any atom is -0.381 e. The summed E-state index contributed by atoms with van der Waals surface area (Å²) in [6.45, 7) is 2.98. The molecule has 180 valence electrons. The number of aromatic amines is 1. The van der Waals surface area contributed by atoms with E-state index in [1.807, 2.05) is 35.4 Å². The van der Waals surface area contributed by atoms with Crippen LogP contribution >= 0.6 is 0 Å². The molecule has 2 atom stereocenters. The Bertz CT molecular complexity index is 1320. The number of likely N-dealkylation sites (tertiary alicyclic amines) is 1. The van der Waals surface area contributed by atoms with Crippen LogP contribution in [0.3, 0.4) is 0 Å². The first-order valence-electron chi connectivity index (χ1n) is 12.8. The molecule has 3 fully saturated rings. The Labute approximate surface area is 203 Å². The van der Waals surface area contributed by atoms with Crippen molar-refractivity contribution in [3.05, 3.63) is 53.5 Å². The molecule has 3 aromatic rings. The molecule has 2 N–H and O–H groups in total. The van der Waals surface area contributed by atoms with E-state index in [2.05, 4.69) is 21.4 Å². The second kappa shape index (κ2) is 7.88. The molecule has 2 aromatic heterocycles. The van der Waals surface area contributed by atoms with Gasteiger partial charge in [-0.25, -0.2) is 9.97 Å². The number of fused-ring (bicyclic) bond motifs is 3. The monoisotopic (exact) mass is 471 g/mol. The Morgan fingerprint density at radius 1 is 1.06 bits per heavy atom. The van der Waals surface area contributed by atoms with Crippen molar-refractivity contribution in [3.63, 3.8) is 0 Å². The first-order valence-corrected chi connectivity index (χ1v) is 12.8. The van der Waals surface area contributed by atoms with E-state index in [-0.39, 0.29) is 17.7 Å². The summed E-state index contributed by atoms with van der Waals surface area (Å²) in [4.78, 5) is 41.2. The van der Waals surface area contributed by atoms with Crippen LogP contribution in [0.2, 0.25) is 0 Å². The van der Waals surface area contributed by atoms with E-state index < -0.39 is 5.41 Å². The first-order chi connectivity index (χ1) is 17.1. The third-order valence-electron chi connectivity index (χ3n) is 8.61. The number of pyridine rings is 1. The van der Waals surface area contributed by atoms with Gasteiger partial charge < -0.3 is 19.9 Å². The van der Waals surface area contributed by atoms with Gasteiger partial charge >= 0.3 is 0 Å². The van der Waals surface area contributed by atoms with Crippen molar-refractivity contribution in [1.82, 2.24) is 19.9 Å². The van der Waals surface area contributed by atoms with Crippen LogP contribution in [0, 0.1) is 5.92 Å². The molecule has 1 spiro atoms. The largest absolute Gasteiger partial charge is 0.381 e. The third kappa shape index (κ3) is 3.22. The zero-order valence-corrected chi connectivity index (χ0v) is 19.6. The lowest BCUT2D eigenvalue weighted by Gasteiger charge is -2.32. The fourth-order valence-corrected chi connectivity index (χ4v) is 6.52. The molecule has 3 aliphatic heterocycles. The average molecular weight is 472 g/mol. The quantitative estimate of drug-likeness (QED) is 0.609. The standard InChI is InChI=1S/C27H29N5O3/c33-25(20-15-27(20)19-3-1-2-4-21(19)29-26(27)34)32-11-6-16(7-12-32)18-5-10-28-24-22(18)30-23(31-24)17-8-13-35-14-9-17/h1-5,10,16-17,20H,6-9,11-15H2,(H,29,34)(H,28,30,31). The number of benzene rings is 1. The summed E-state index contributed by atoms with van der Waals surface area (Å²) in [6, 6.07) is 9.87. The van der Waals surface area contributed by atoms with Crippen LogP contribution in [-0.4, -0.2) is 58.0 Å². The number of hydrogen-bond donors (Lipinski definition) is 2. The molecule has 8 nitrogen and oxygen atoms in total. The van der Waals surface area contributed by atoms with Gasteiger partial charge in [0.05, 0.1) is 11.3 Å². The van der Waals surface area contributed by atoms with Gasteiger partial charge in [-0.15, -0.1) is 0 Å². The molecule has 1 saturated carbocycles. The normalized spacial score (nSPS) is 26.8. The van der Waals surface area contributed by atoms with Gasteiger partial charge in [-0.2, -0.15) is 0 Å². The Kier molecular flexibility index (Phi) is 4.74. The number of para-hydroxylation sites is 1. The number of piperidine rings is 1. The van der Waals surface area contributed by atoms with Gasteiger partial charge in [0.2, 0.25) is 11.8 Å². The molecule has 2 amide bonds. The van der Waals surface area contributed by atoms with Crippen LogP contribution in [0.1, 0.15) is 60.9 Å². The van der Waals surface area contributed by atoms with Gasteiger partial charge in [0.1, 0.15) is 11.3 Å². The molecule has 35 heavy (non-hydrogen) atoms. The van der Waals surface area contributed by atoms with Crippen LogP contribution in [0.5, 0.6) is 0 Å². The van der Waals surface area contributed by atoms with Crippen molar-refractivity contribution in [2.75, 3.05) is 31.6 Å². The van der Waals surface area contributed by atoms with Crippen LogP contribution in [0.25, 0.3) is 11.2 Å². The van der Waals surface area contributed by atoms with E-state index >= 15 is 0 Å². The summed E-state index contributed by atoms with van der Waals surface area (Å²) in [5.41, 5.74) is 4.23. The van der Waals surface area contributed by atoms with Crippen molar-refractivity contribution < 1.29 is 14.3 Å². The van der Waals surface area contributed by atoms with E-state index in [4.69, 9.17) is 9.72 Å². The molecule has 2 unspecified atom stereocenters. The number of carbonyl (C=O) groups is 2. The number of H-pyrrole nitrogens is 1. The highest BCUT2D eigenvalue weighted by Gasteiger charge is 2.68. The number of rotatable bonds is 3. The van der Waals surface area contributed by atoms with Gasteiger partial charge in [-0.05, 0) is 61.3 Å². The van der Waals surface area contributed by atoms with E-state index in [9.17, 15) is 9.59 Å². The van der Waals surface area contributed by atoms with Gasteiger partial charge in [0.25, 0.3) is 0 Å². The van der Waals surface area contributed by atoms with Gasteiger partial charge in [0, 0.05) is 44.1 Å². The Morgan fingerprint density at radius 3 is 2.69 bits per heavy atom. The van der Waals surface area contributed by atoms with Crippen molar-refractivity contribution >= 4 is 28.7 Å². The molecule has 8 heteroatoms. The first kappa shape index (κ1) is 21.1. The number of carbonyl (C=O) groups excluding carboxylic acids is 2. The number of anilines is 1. The molecule has 4 aliphatic rings. The summed E-state index contributed by atoms with van der Waals surface area (Å²) in [6.07, 6.45) is 6.24. The summed E-state index contributed by atoms with van der Waals surface area (Å²) < 4.78 is 5.51. The molecular weight excluding hydrogens is 442 g/mol. The molecule has 0 radical (unpaired) electrons. The third-order valence-corrected chi connectivity index (χ3v) is 8.61. The maximum atomic E-state index is 13.4. The summed E-state index contributed by atoms with van der Waals surface area (Å²) in [7, 11) is 0. The lowest BCUT2D eigenvalue weighted by atomic mass is 9.88. The number of amides is 2. The fourth-order valence-electron chi connectivity index (χ4n) is 6.52. The van der Waals surface area contributed by atoms with Crippen LogP contribution in [0.15, 0.2) is 36.5 Å². The summed E-state index contributed by atoms with van der Waals surface area (Å²) in [5, 5.41) is 2.98. The minimum absolute atomic E-state index is 0.0232. The topological polar surface area (TPSA) is 100 Å². The number of imidazole rings is 1. The molecule has 5 heterocycles. The van der Waals surface area contributed by atoms with E-state index in [1.54, 1.807) is 0 Å². The second-order valence-electron chi connectivity index (χ2n) is 10.4. The molecule has 7 rings (SSSR count).